The standard InChI is InChI=1S/C12H14F3N3/c1-7-3-4-10-9(5-7)17-11(16)18(10)8(2)6-12(13,14)15/h3-5,8H,6H2,1-2H3,(H2,16,17). The predicted molar refractivity (Wildman–Crippen MR) is 64.3 cm³/mol. The smallest absolute Gasteiger partial charge is 0.369 e. The summed E-state index contributed by atoms with van der Waals surface area (Å²) in [6.07, 6.45) is -5.14. The number of alkyl halides is 3. The van der Waals surface area contributed by atoms with E-state index in [2.05, 4.69) is 4.98 Å². The van der Waals surface area contributed by atoms with Gasteiger partial charge in [-0.25, -0.2) is 4.98 Å². The third kappa shape index (κ3) is 2.42. The summed E-state index contributed by atoms with van der Waals surface area (Å²) >= 11 is 0. The van der Waals surface area contributed by atoms with Gasteiger partial charge in [-0.15, -0.1) is 0 Å². The molecule has 3 nitrogen and oxygen atoms in total. The fourth-order valence-electron chi connectivity index (χ4n) is 2.12. The number of rotatable bonds is 2. The molecule has 1 atom stereocenters. The van der Waals surface area contributed by atoms with Crippen molar-refractivity contribution in [1.82, 2.24) is 9.55 Å². The number of aryl methyl sites for hydroxylation is 1. The maximum atomic E-state index is 12.4. The van der Waals surface area contributed by atoms with E-state index < -0.39 is 18.6 Å². The van der Waals surface area contributed by atoms with Gasteiger partial charge in [-0.1, -0.05) is 6.07 Å². The van der Waals surface area contributed by atoms with Crippen molar-refractivity contribution in [3.05, 3.63) is 23.8 Å². The lowest BCUT2D eigenvalue weighted by Gasteiger charge is -2.17. The topological polar surface area (TPSA) is 43.8 Å². The van der Waals surface area contributed by atoms with Crippen LogP contribution in [0.4, 0.5) is 19.1 Å². The molecule has 2 aromatic rings. The van der Waals surface area contributed by atoms with Crippen molar-refractivity contribution in [1.29, 1.82) is 0 Å². The van der Waals surface area contributed by atoms with Crippen LogP contribution < -0.4 is 5.73 Å². The molecule has 0 aliphatic rings. The quantitative estimate of drug-likeness (QED) is 0.895. The van der Waals surface area contributed by atoms with Gasteiger partial charge in [0.05, 0.1) is 17.5 Å². The van der Waals surface area contributed by atoms with Gasteiger partial charge in [0.1, 0.15) is 0 Å². The van der Waals surface area contributed by atoms with E-state index in [0.29, 0.717) is 11.0 Å². The average molecular weight is 257 g/mol. The second kappa shape index (κ2) is 4.19. The molecule has 0 spiro atoms. The molecule has 0 aliphatic carbocycles. The van der Waals surface area contributed by atoms with Gasteiger partial charge >= 0.3 is 6.18 Å². The summed E-state index contributed by atoms with van der Waals surface area (Å²) in [5, 5.41) is 0. The lowest BCUT2D eigenvalue weighted by Crippen LogP contribution is -2.17. The Morgan fingerprint density at radius 2 is 2.06 bits per heavy atom. The first-order valence-electron chi connectivity index (χ1n) is 5.59. The number of fused-ring (bicyclic) bond motifs is 1. The molecule has 18 heavy (non-hydrogen) atoms. The molecule has 0 aliphatic heterocycles. The summed E-state index contributed by atoms with van der Waals surface area (Å²) < 4.78 is 38.7. The first kappa shape index (κ1) is 12.7. The normalized spacial score (nSPS) is 14.1. The molecular formula is C12H14F3N3. The monoisotopic (exact) mass is 257 g/mol. The third-order valence-electron chi connectivity index (χ3n) is 2.84. The number of halogens is 3. The highest BCUT2D eigenvalue weighted by Crippen LogP contribution is 2.31. The average Bonchev–Trinajstić information content (AvgIpc) is 2.50. The first-order chi connectivity index (χ1) is 8.28. The van der Waals surface area contributed by atoms with Crippen LogP contribution in [0, 0.1) is 6.92 Å². The van der Waals surface area contributed by atoms with Crippen LogP contribution in [0.15, 0.2) is 18.2 Å². The van der Waals surface area contributed by atoms with Gasteiger partial charge in [0.15, 0.2) is 0 Å². The zero-order valence-electron chi connectivity index (χ0n) is 10.1. The van der Waals surface area contributed by atoms with Crippen LogP contribution in [-0.2, 0) is 0 Å². The zero-order chi connectivity index (χ0) is 13.5. The molecule has 0 radical (unpaired) electrons. The van der Waals surface area contributed by atoms with E-state index in [4.69, 9.17) is 5.73 Å². The summed E-state index contributed by atoms with van der Waals surface area (Å²) in [4.78, 5) is 4.10. The van der Waals surface area contributed by atoms with Crippen molar-refractivity contribution >= 4 is 17.0 Å². The van der Waals surface area contributed by atoms with E-state index in [1.54, 1.807) is 6.07 Å². The van der Waals surface area contributed by atoms with Crippen LogP contribution in [0.1, 0.15) is 24.9 Å². The van der Waals surface area contributed by atoms with E-state index in [9.17, 15) is 13.2 Å². The third-order valence-corrected chi connectivity index (χ3v) is 2.84. The number of nitrogens with zero attached hydrogens (tertiary/aromatic N) is 2. The Balaban J connectivity index is 2.47. The summed E-state index contributed by atoms with van der Waals surface area (Å²) in [5.41, 5.74) is 7.96. The number of benzene rings is 1. The Morgan fingerprint density at radius 1 is 1.39 bits per heavy atom. The van der Waals surface area contributed by atoms with E-state index in [1.165, 1.54) is 11.5 Å². The number of aromatic nitrogens is 2. The Hall–Kier alpha value is -1.72. The fraction of sp³-hybridized carbons (Fsp3) is 0.417. The van der Waals surface area contributed by atoms with Crippen LogP contribution in [0.25, 0.3) is 11.0 Å². The van der Waals surface area contributed by atoms with E-state index in [0.717, 1.165) is 5.56 Å². The predicted octanol–water partition coefficient (Wildman–Crippen LogP) is 3.44. The molecule has 0 amide bonds. The molecule has 1 heterocycles. The second-order valence-electron chi connectivity index (χ2n) is 4.50. The Kier molecular flexibility index (Phi) is 2.96. The van der Waals surface area contributed by atoms with Gasteiger partial charge in [-0.05, 0) is 31.5 Å². The molecule has 6 heteroatoms. The number of nitrogens with two attached hydrogens (primary N) is 1. The lowest BCUT2D eigenvalue weighted by molar-refractivity contribution is -0.141. The summed E-state index contributed by atoms with van der Waals surface area (Å²) in [6, 6.07) is 4.63. The van der Waals surface area contributed by atoms with Crippen LogP contribution in [0.5, 0.6) is 0 Å². The van der Waals surface area contributed by atoms with Crippen LogP contribution >= 0.6 is 0 Å². The molecule has 98 valence electrons. The Bertz CT molecular complexity index is 572. The van der Waals surface area contributed by atoms with Gasteiger partial charge < -0.3 is 10.3 Å². The molecular weight excluding hydrogens is 243 g/mol. The fourth-order valence-corrected chi connectivity index (χ4v) is 2.12. The van der Waals surface area contributed by atoms with Gasteiger partial charge in [-0.2, -0.15) is 13.2 Å². The number of imidazole rings is 1. The maximum absolute atomic E-state index is 12.4. The minimum Gasteiger partial charge on any atom is -0.369 e. The number of hydrogen-bond acceptors (Lipinski definition) is 2. The second-order valence-corrected chi connectivity index (χ2v) is 4.50. The molecule has 2 rings (SSSR count). The number of hydrogen-bond donors (Lipinski definition) is 1. The maximum Gasteiger partial charge on any atom is 0.391 e. The Morgan fingerprint density at radius 3 is 2.67 bits per heavy atom. The summed E-state index contributed by atoms with van der Waals surface area (Å²) in [7, 11) is 0. The molecule has 1 aromatic carbocycles. The van der Waals surface area contributed by atoms with Crippen molar-refractivity contribution in [3.63, 3.8) is 0 Å². The number of anilines is 1. The first-order valence-corrected chi connectivity index (χ1v) is 5.59. The van der Waals surface area contributed by atoms with Crippen molar-refractivity contribution in [2.24, 2.45) is 0 Å². The van der Waals surface area contributed by atoms with Gasteiger partial charge in [0.2, 0.25) is 5.95 Å². The molecule has 0 saturated heterocycles. The number of nitrogen functional groups attached to an aromatic ring is 1. The SMILES string of the molecule is Cc1ccc2c(c1)nc(N)n2C(C)CC(F)(F)F. The zero-order valence-corrected chi connectivity index (χ0v) is 10.1. The van der Waals surface area contributed by atoms with Crippen molar-refractivity contribution in [2.75, 3.05) is 5.73 Å². The van der Waals surface area contributed by atoms with E-state index >= 15 is 0 Å². The molecule has 0 bridgehead atoms. The minimum absolute atomic E-state index is 0.118. The highest BCUT2D eigenvalue weighted by atomic mass is 19.4. The molecule has 1 aromatic heterocycles. The van der Waals surface area contributed by atoms with Gasteiger partial charge in [0, 0.05) is 6.04 Å². The summed E-state index contributed by atoms with van der Waals surface area (Å²) in [6.45, 7) is 3.39. The molecule has 0 fully saturated rings. The van der Waals surface area contributed by atoms with Crippen molar-refractivity contribution < 1.29 is 13.2 Å². The summed E-state index contributed by atoms with van der Waals surface area (Å²) in [5.74, 6) is 0.118. The lowest BCUT2D eigenvalue weighted by atomic mass is 10.2. The van der Waals surface area contributed by atoms with Crippen LogP contribution in [0.3, 0.4) is 0 Å². The highest BCUT2D eigenvalue weighted by molar-refractivity contribution is 5.79. The van der Waals surface area contributed by atoms with E-state index in [-0.39, 0.29) is 5.95 Å². The van der Waals surface area contributed by atoms with Gasteiger partial charge in [-0.3, -0.25) is 0 Å². The van der Waals surface area contributed by atoms with E-state index in [1.807, 2.05) is 19.1 Å². The molecule has 1 unspecified atom stereocenters. The van der Waals surface area contributed by atoms with Gasteiger partial charge in [0.25, 0.3) is 0 Å². The Labute approximate surface area is 102 Å². The largest absolute Gasteiger partial charge is 0.391 e. The molecule has 2 N–H and O–H groups in total. The van der Waals surface area contributed by atoms with Crippen LogP contribution in [-0.4, -0.2) is 15.7 Å². The van der Waals surface area contributed by atoms with Crippen molar-refractivity contribution in [3.8, 4) is 0 Å². The van der Waals surface area contributed by atoms with Crippen LogP contribution in [0.2, 0.25) is 0 Å². The molecule has 0 saturated carbocycles. The minimum atomic E-state index is -4.22. The highest BCUT2D eigenvalue weighted by Gasteiger charge is 2.31. The van der Waals surface area contributed by atoms with Crippen molar-refractivity contribution in [2.45, 2.75) is 32.5 Å².